The lowest BCUT2D eigenvalue weighted by Gasteiger charge is -2.09. The lowest BCUT2D eigenvalue weighted by Crippen LogP contribution is -2.15. The molecular weight excluding hydrogens is 306 g/mol. The standard InChI is InChI=1S/C17H17N5O2/c18-17(23)16-12-6-7-14-13(15(12)19-20-16)8-22(21-14)10-24-9-11-4-2-1-3-5-11/h1-5,8H,6-7,9-10H2,(H2,18,23)(H,19,20). The number of nitrogens with one attached hydrogen (secondary N) is 1. The highest BCUT2D eigenvalue weighted by molar-refractivity contribution is 5.94. The largest absolute Gasteiger partial charge is 0.364 e. The molecule has 0 saturated heterocycles. The Balaban J connectivity index is 1.50. The fourth-order valence-corrected chi connectivity index (χ4v) is 3.02. The Labute approximate surface area is 138 Å². The summed E-state index contributed by atoms with van der Waals surface area (Å²) in [6.45, 7) is 0.898. The van der Waals surface area contributed by atoms with Gasteiger partial charge in [0.05, 0.1) is 18.0 Å². The van der Waals surface area contributed by atoms with Crippen molar-refractivity contribution in [1.29, 1.82) is 0 Å². The number of H-pyrrole nitrogens is 1. The third kappa shape index (κ3) is 2.59. The van der Waals surface area contributed by atoms with Crippen LogP contribution in [0.1, 0.15) is 27.3 Å². The fourth-order valence-electron chi connectivity index (χ4n) is 3.02. The van der Waals surface area contributed by atoms with E-state index in [1.54, 1.807) is 4.68 Å². The van der Waals surface area contributed by atoms with Gasteiger partial charge in [-0.2, -0.15) is 10.2 Å². The maximum Gasteiger partial charge on any atom is 0.267 e. The van der Waals surface area contributed by atoms with Crippen molar-refractivity contribution in [3.63, 3.8) is 0 Å². The van der Waals surface area contributed by atoms with Crippen molar-refractivity contribution in [2.75, 3.05) is 0 Å². The van der Waals surface area contributed by atoms with Crippen molar-refractivity contribution in [3.05, 3.63) is 59.0 Å². The zero-order valence-electron chi connectivity index (χ0n) is 13.0. The molecule has 1 aliphatic rings. The summed E-state index contributed by atoms with van der Waals surface area (Å²) < 4.78 is 7.48. The number of nitrogens with two attached hydrogens (primary N) is 1. The molecule has 0 atom stereocenters. The minimum atomic E-state index is -0.481. The Morgan fingerprint density at radius 3 is 2.92 bits per heavy atom. The molecule has 1 aromatic carbocycles. The van der Waals surface area contributed by atoms with Gasteiger partial charge in [0, 0.05) is 17.3 Å². The van der Waals surface area contributed by atoms with Gasteiger partial charge in [-0.1, -0.05) is 30.3 Å². The summed E-state index contributed by atoms with van der Waals surface area (Å²) in [6, 6.07) is 10.00. The van der Waals surface area contributed by atoms with E-state index in [0.29, 0.717) is 25.5 Å². The normalized spacial score (nSPS) is 12.7. The molecule has 24 heavy (non-hydrogen) atoms. The summed E-state index contributed by atoms with van der Waals surface area (Å²) in [5, 5.41) is 11.5. The molecule has 2 heterocycles. The zero-order chi connectivity index (χ0) is 16.5. The van der Waals surface area contributed by atoms with Gasteiger partial charge < -0.3 is 10.5 Å². The zero-order valence-corrected chi connectivity index (χ0v) is 13.0. The summed E-state index contributed by atoms with van der Waals surface area (Å²) in [4.78, 5) is 11.4. The van der Waals surface area contributed by atoms with E-state index < -0.39 is 5.91 Å². The summed E-state index contributed by atoms with van der Waals surface area (Å²) >= 11 is 0. The van der Waals surface area contributed by atoms with E-state index in [2.05, 4.69) is 15.3 Å². The number of fused-ring (bicyclic) bond motifs is 3. The number of carbonyl (C=O) groups excluding carboxylic acids is 1. The molecule has 7 heteroatoms. The second-order valence-electron chi connectivity index (χ2n) is 5.78. The van der Waals surface area contributed by atoms with Crippen LogP contribution >= 0.6 is 0 Å². The third-order valence-corrected chi connectivity index (χ3v) is 4.15. The third-order valence-electron chi connectivity index (χ3n) is 4.15. The second kappa shape index (κ2) is 5.93. The van der Waals surface area contributed by atoms with Crippen LogP contribution in [0.3, 0.4) is 0 Å². The van der Waals surface area contributed by atoms with Crippen LogP contribution in [0.2, 0.25) is 0 Å². The molecule has 4 rings (SSSR count). The highest BCUT2D eigenvalue weighted by Crippen LogP contribution is 2.32. The van der Waals surface area contributed by atoms with Crippen LogP contribution < -0.4 is 5.73 Å². The van der Waals surface area contributed by atoms with Gasteiger partial charge in [0.15, 0.2) is 0 Å². The first-order valence-electron chi connectivity index (χ1n) is 7.78. The van der Waals surface area contributed by atoms with E-state index in [1.165, 1.54) is 0 Å². The van der Waals surface area contributed by atoms with Gasteiger partial charge in [-0.05, 0) is 18.4 Å². The van der Waals surface area contributed by atoms with E-state index >= 15 is 0 Å². The van der Waals surface area contributed by atoms with Gasteiger partial charge in [-0.25, -0.2) is 4.68 Å². The van der Waals surface area contributed by atoms with E-state index in [0.717, 1.165) is 34.5 Å². The second-order valence-corrected chi connectivity index (χ2v) is 5.78. The Kier molecular flexibility index (Phi) is 3.62. The van der Waals surface area contributed by atoms with Crippen molar-refractivity contribution < 1.29 is 9.53 Å². The number of benzene rings is 1. The Morgan fingerprint density at radius 1 is 1.29 bits per heavy atom. The predicted octanol–water partition coefficient (Wildman–Crippen LogP) is 1.64. The number of hydrogen-bond acceptors (Lipinski definition) is 4. The van der Waals surface area contributed by atoms with Crippen molar-refractivity contribution in [3.8, 4) is 11.3 Å². The molecule has 0 bridgehead atoms. The molecule has 1 amide bonds. The molecule has 3 N–H and O–H groups in total. The van der Waals surface area contributed by atoms with Crippen LogP contribution in [0.15, 0.2) is 36.5 Å². The molecule has 0 unspecified atom stereocenters. The van der Waals surface area contributed by atoms with Crippen molar-refractivity contribution in [2.45, 2.75) is 26.2 Å². The van der Waals surface area contributed by atoms with Crippen molar-refractivity contribution in [1.82, 2.24) is 20.0 Å². The molecule has 2 aromatic heterocycles. The number of carbonyl (C=O) groups is 1. The van der Waals surface area contributed by atoms with E-state index in [4.69, 9.17) is 10.5 Å². The molecule has 0 saturated carbocycles. The number of rotatable bonds is 5. The summed E-state index contributed by atoms with van der Waals surface area (Å²) in [6.07, 6.45) is 3.37. The molecule has 122 valence electrons. The van der Waals surface area contributed by atoms with Crippen LogP contribution in [0.5, 0.6) is 0 Å². The summed E-state index contributed by atoms with van der Waals surface area (Å²) in [5.41, 5.74) is 10.4. The highest BCUT2D eigenvalue weighted by atomic mass is 16.5. The quantitative estimate of drug-likeness (QED) is 0.745. The van der Waals surface area contributed by atoms with Crippen LogP contribution in [0.4, 0.5) is 0 Å². The maximum absolute atomic E-state index is 11.4. The molecular formula is C17H17N5O2. The van der Waals surface area contributed by atoms with Gasteiger partial charge >= 0.3 is 0 Å². The topological polar surface area (TPSA) is 98.8 Å². The molecule has 0 fully saturated rings. The molecule has 3 aromatic rings. The maximum atomic E-state index is 11.4. The molecule has 0 aliphatic heterocycles. The number of ether oxygens (including phenoxy) is 1. The first-order chi connectivity index (χ1) is 11.7. The minimum absolute atomic E-state index is 0.365. The Hall–Kier alpha value is -2.93. The van der Waals surface area contributed by atoms with Crippen molar-refractivity contribution >= 4 is 5.91 Å². The fraction of sp³-hybridized carbons (Fsp3) is 0.235. The van der Waals surface area contributed by atoms with Crippen LogP contribution in [-0.2, 0) is 30.9 Å². The smallest absolute Gasteiger partial charge is 0.267 e. The van der Waals surface area contributed by atoms with Crippen LogP contribution in [-0.4, -0.2) is 25.9 Å². The predicted molar refractivity (Wildman–Crippen MR) is 87.0 cm³/mol. The summed E-state index contributed by atoms with van der Waals surface area (Å²) in [5.74, 6) is -0.481. The number of amides is 1. The number of primary amides is 1. The average Bonchev–Trinajstić information content (AvgIpc) is 3.18. The van der Waals surface area contributed by atoms with E-state index in [-0.39, 0.29) is 0 Å². The average molecular weight is 323 g/mol. The highest BCUT2D eigenvalue weighted by Gasteiger charge is 2.26. The van der Waals surface area contributed by atoms with Gasteiger partial charge in [-0.15, -0.1) is 0 Å². The van der Waals surface area contributed by atoms with Gasteiger partial charge in [0.1, 0.15) is 12.4 Å². The lowest BCUT2D eigenvalue weighted by atomic mass is 9.94. The monoisotopic (exact) mass is 323 g/mol. The molecule has 0 spiro atoms. The molecule has 0 radical (unpaired) electrons. The van der Waals surface area contributed by atoms with E-state index in [1.807, 2.05) is 36.5 Å². The van der Waals surface area contributed by atoms with Gasteiger partial charge in [0.2, 0.25) is 0 Å². The van der Waals surface area contributed by atoms with Gasteiger partial charge in [0.25, 0.3) is 5.91 Å². The number of aryl methyl sites for hydroxylation is 1. The van der Waals surface area contributed by atoms with Gasteiger partial charge in [-0.3, -0.25) is 9.89 Å². The Morgan fingerprint density at radius 2 is 2.12 bits per heavy atom. The number of aromatic nitrogens is 4. The molecule has 1 aliphatic carbocycles. The van der Waals surface area contributed by atoms with E-state index in [9.17, 15) is 4.79 Å². The first kappa shape index (κ1) is 14.6. The lowest BCUT2D eigenvalue weighted by molar-refractivity contribution is 0.0559. The number of aromatic amines is 1. The Bertz CT molecular complexity index is 882. The molecule has 7 nitrogen and oxygen atoms in total. The van der Waals surface area contributed by atoms with Crippen LogP contribution in [0.25, 0.3) is 11.3 Å². The summed E-state index contributed by atoms with van der Waals surface area (Å²) in [7, 11) is 0. The van der Waals surface area contributed by atoms with Crippen LogP contribution in [0, 0.1) is 0 Å². The first-order valence-corrected chi connectivity index (χ1v) is 7.78. The number of nitrogens with zero attached hydrogens (tertiary/aromatic N) is 3. The SMILES string of the molecule is NC(=O)c1[nH]nc2c1CCc1nn(COCc3ccccc3)cc1-2. The minimum Gasteiger partial charge on any atom is -0.364 e. The number of hydrogen-bond donors (Lipinski definition) is 2. The van der Waals surface area contributed by atoms with Crippen molar-refractivity contribution in [2.24, 2.45) is 5.73 Å².